The Hall–Kier alpha value is -7.09. The van der Waals surface area contributed by atoms with E-state index in [0.717, 1.165) is 59.2 Å². The lowest BCUT2D eigenvalue weighted by Gasteiger charge is -2.24. The fourth-order valence-electron chi connectivity index (χ4n) is 8.33. The first-order valence-corrected chi connectivity index (χ1v) is 21.4. The van der Waals surface area contributed by atoms with Crippen LogP contribution in [0.3, 0.4) is 0 Å². The first-order chi connectivity index (χ1) is 30.0. The fourth-order valence-corrected chi connectivity index (χ4v) is 8.33. The van der Waals surface area contributed by atoms with Crippen molar-refractivity contribution in [3.63, 3.8) is 0 Å². The van der Waals surface area contributed by atoms with Crippen molar-refractivity contribution in [1.82, 2.24) is 0 Å². The Balaban J connectivity index is 1.37. The molecule has 0 radical (unpaired) electrons. The van der Waals surface area contributed by atoms with Gasteiger partial charge in [0.05, 0.1) is 6.04 Å². The summed E-state index contributed by atoms with van der Waals surface area (Å²) < 4.78 is 0. The Kier molecular flexibility index (Phi) is 14.3. The summed E-state index contributed by atoms with van der Waals surface area (Å²) in [5.41, 5.74) is 18.8. The summed E-state index contributed by atoms with van der Waals surface area (Å²) in [6.07, 6.45) is 24.6. The lowest BCUT2D eigenvalue weighted by Crippen LogP contribution is -2.16. The third kappa shape index (κ3) is 10.2. The summed E-state index contributed by atoms with van der Waals surface area (Å²) in [5.74, 6) is 0. The molecular weight excluding hydrogens is 735 g/mol. The smallest absolute Gasteiger partial charge is 0.0755 e. The summed E-state index contributed by atoms with van der Waals surface area (Å²) in [4.78, 5) is 5.26. The van der Waals surface area contributed by atoms with Crippen LogP contribution in [0.4, 0.5) is 0 Å². The Morgan fingerprint density at radius 1 is 0.607 bits per heavy atom. The maximum Gasteiger partial charge on any atom is 0.0755 e. The highest BCUT2D eigenvalue weighted by Gasteiger charge is 2.23. The molecule has 300 valence electrons. The molecule has 61 heavy (non-hydrogen) atoms. The highest BCUT2D eigenvalue weighted by atomic mass is 14.8. The van der Waals surface area contributed by atoms with Crippen molar-refractivity contribution in [3.05, 3.63) is 254 Å². The minimum Gasteiger partial charge on any atom is -0.281 e. The van der Waals surface area contributed by atoms with Crippen LogP contribution in [0.1, 0.15) is 55.4 Å². The molecule has 1 unspecified atom stereocenters. The van der Waals surface area contributed by atoms with E-state index >= 15 is 0 Å². The van der Waals surface area contributed by atoms with E-state index in [1.807, 2.05) is 30.4 Å². The van der Waals surface area contributed by atoms with Gasteiger partial charge in [-0.3, -0.25) is 4.99 Å². The second-order valence-corrected chi connectivity index (χ2v) is 15.5. The maximum absolute atomic E-state index is 5.26. The molecule has 1 aliphatic rings. The second-order valence-electron chi connectivity index (χ2n) is 15.5. The van der Waals surface area contributed by atoms with Crippen LogP contribution in [0.25, 0.3) is 55.7 Å². The Morgan fingerprint density at radius 3 is 1.90 bits per heavy atom. The summed E-state index contributed by atoms with van der Waals surface area (Å²) in [6.45, 7) is 16.8. The first kappa shape index (κ1) is 42.0. The van der Waals surface area contributed by atoms with Crippen LogP contribution in [-0.4, -0.2) is 11.8 Å². The zero-order chi connectivity index (χ0) is 42.4. The van der Waals surface area contributed by atoms with Crippen LogP contribution < -0.4 is 0 Å². The molecule has 0 bridgehead atoms. The molecule has 0 saturated carbocycles. The predicted octanol–water partition coefficient (Wildman–Crippen LogP) is 16.3. The summed E-state index contributed by atoms with van der Waals surface area (Å²) >= 11 is 0. The van der Waals surface area contributed by atoms with Crippen molar-refractivity contribution in [2.45, 2.75) is 45.6 Å². The lowest BCUT2D eigenvalue weighted by molar-refractivity contribution is 0.630. The van der Waals surface area contributed by atoms with Crippen molar-refractivity contribution < 1.29 is 0 Å². The van der Waals surface area contributed by atoms with Gasteiger partial charge in [0.25, 0.3) is 0 Å². The van der Waals surface area contributed by atoms with E-state index < -0.39 is 0 Å². The van der Waals surface area contributed by atoms with E-state index in [0.29, 0.717) is 0 Å². The minimum atomic E-state index is 0.0878. The summed E-state index contributed by atoms with van der Waals surface area (Å²) in [7, 11) is 0. The lowest BCUT2D eigenvalue weighted by atomic mass is 9.79. The van der Waals surface area contributed by atoms with E-state index in [2.05, 4.69) is 203 Å². The topological polar surface area (TPSA) is 12.4 Å². The molecule has 0 fully saturated rings. The molecule has 0 heterocycles. The van der Waals surface area contributed by atoms with E-state index in [1.165, 1.54) is 55.7 Å². The van der Waals surface area contributed by atoms with Gasteiger partial charge in [-0.25, -0.2) is 0 Å². The third-order valence-electron chi connectivity index (χ3n) is 11.4. The van der Waals surface area contributed by atoms with Crippen molar-refractivity contribution in [2.24, 2.45) is 4.99 Å². The average Bonchev–Trinajstić information content (AvgIpc) is 3.32. The van der Waals surface area contributed by atoms with Crippen LogP contribution in [0.15, 0.2) is 237 Å². The Labute approximate surface area is 364 Å². The van der Waals surface area contributed by atoms with E-state index in [9.17, 15) is 0 Å². The standard InChI is InChI=1S/C60H55N/c1-6-8-10-11-22-39-55-57(43-56(44(3)27-15-9-7-2)60(49-32-20-14-21-33-49)59(55)48-30-18-13-19-31-48)53-37-26-36-52(42-53)51-35-25-34-50(41-51)45(4)54-38-23-24-40-58(54)61-46(5)47-28-16-12-17-29-47/h6-22,25-38,41-43,58H,1-2,4,23-24,39-40H2,3,5H3/b10-8-,15-9-,22-11-,44-27+,61-46?. The highest BCUT2D eigenvalue weighted by molar-refractivity contribution is 6.00. The van der Waals surface area contributed by atoms with Crippen molar-refractivity contribution >= 4 is 16.9 Å². The Morgan fingerprint density at radius 2 is 1.20 bits per heavy atom. The van der Waals surface area contributed by atoms with Gasteiger partial charge in [0, 0.05) is 5.71 Å². The Bertz CT molecular complexity index is 2680. The molecule has 0 aliphatic heterocycles. The summed E-state index contributed by atoms with van der Waals surface area (Å²) in [5, 5.41) is 0. The van der Waals surface area contributed by atoms with Crippen LogP contribution in [0.2, 0.25) is 0 Å². The van der Waals surface area contributed by atoms with Gasteiger partial charge in [0.15, 0.2) is 0 Å². The minimum absolute atomic E-state index is 0.0878. The molecule has 1 nitrogen and oxygen atoms in total. The molecule has 1 heteroatoms. The predicted molar refractivity (Wildman–Crippen MR) is 267 cm³/mol. The van der Waals surface area contributed by atoms with Gasteiger partial charge in [-0.15, -0.1) is 0 Å². The molecule has 1 aliphatic carbocycles. The van der Waals surface area contributed by atoms with Gasteiger partial charge in [-0.2, -0.15) is 0 Å². The normalized spacial score (nSPS) is 14.7. The van der Waals surface area contributed by atoms with Crippen LogP contribution in [0.5, 0.6) is 0 Å². The van der Waals surface area contributed by atoms with Crippen LogP contribution in [0, 0.1) is 0 Å². The number of nitrogens with zero attached hydrogens (tertiary/aromatic N) is 1. The zero-order valence-corrected chi connectivity index (χ0v) is 35.6. The van der Waals surface area contributed by atoms with Gasteiger partial charge in [0.1, 0.15) is 0 Å². The number of hydrogen-bond acceptors (Lipinski definition) is 1. The molecule has 1 atom stereocenters. The fraction of sp³-hybridized carbons (Fsp3) is 0.117. The van der Waals surface area contributed by atoms with Crippen LogP contribution >= 0.6 is 0 Å². The molecule has 6 aromatic carbocycles. The highest BCUT2D eigenvalue weighted by Crippen LogP contribution is 2.46. The van der Waals surface area contributed by atoms with E-state index in [4.69, 9.17) is 11.6 Å². The van der Waals surface area contributed by atoms with Gasteiger partial charge >= 0.3 is 0 Å². The maximum atomic E-state index is 5.26. The third-order valence-corrected chi connectivity index (χ3v) is 11.4. The van der Waals surface area contributed by atoms with Gasteiger partial charge < -0.3 is 0 Å². The van der Waals surface area contributed by atoms with Crippen molar-refractivity contribution in [1.29, 1.82) is 0 Å². The quantitative estimate of drug-likeness (QED) is 0.0726. The molecule has 0 saturated heterocycles. The SMILES string of the molecule is C=C/C=C\C=C/Cc1c(-c2cccc(-c3cccc(C(=C)C4=CCCCC4N=C(C)c4ccccc4)c3)c2)cc(/C(C)=C/C=C\C=C)c(-c2ccccc2)c1-c1ccccc1. The van der Waals surface area contributed by atoms with Crippen molar-refractivity contribution in [2.75, 3.05) is 0 Å². The van der Waals surface area contributed by atoms with Gasteiger partial charge in [-0.05, 0) is 141 Å². The largest absolute Gasteiger partial charge is 0.281 e. The summed E-state index contributed by atoms with van der Waals surface area (Å²) in [6, 6.07) is 52.6. The van der Waals surface area contributed by atoms with Crippen LogP contribution in [-0.2, 0) is 6.42 Å². The molecule has 6 aromatic rings. The number of rotatable bonds is 15. The molecule has 0 amide bonds. The number of benzene rings is 6. The molecular formula is C60H55N. The van der Waals surface area contributed by atoms with E-state index in [1.54, 1.807) is 0 Å². The first-order valence-electron chi connectivity index (χ1n) is 21.4. The van der Waals surface area contributed by atoms with Gasteiger partial charge in [-0.1, -0.05) is 208 Å². The monoisotopic (exact) mass is 789 g/mol. The number of aliphatic imine (C=N–C) groups is 1. The molecule has 0 N–H and O–H groups in total. The molecule has 0 spiro atoms. The van der Waals surface area contributed by atoms with E-state index in [-0.39, 0.29) is 6.04 Å². The van der Waals surface area contributed by atoms with Crippen molar-refractivity contribution in [3.8, 4) is 44.5 Å². The number of allylic oxidation sites excluding steroid dienone is 11. The average molecular weight is 790 g/mol. The zero-order valence-electron chi connectivity index (χ0n) is 35.6. The molecule has 0 aromatic heterocycles. The molecule has 7 rings (SSSR count). The second kappa shape index (κ2) is 20.7. The van der Waals surface area contributed by atoms with Gasteiger partial charge in [0.2, 0.25) is 0 Å². The number of hydrogen-bond donors (Lipinski definition) is 0.